The fourth-order valence-electron chi connectivity index (χ4n) is 11.0. The van der Waals surface area contributed by atoms with Gasteiger partial charge in [-0.1, -0.05) is 91.1 Å². The van der Waals surface area contributed by atoms with Crippen molar-refractivity contribution in [3.63, 3.8) is 0 Å². The standard InChI is InChI=1S/C56H58N2O4S7Si/c1-9-11-13-15-17-19-23-57-53(59)42-32(6)64-49(43(42)54(57)60)38-27-34-31(5)46-33(30(4)47(34)67-38)26-37(66-46)35-21-22-36(65-35)48-44-45(56(62)58(55(44)61)24-20-18-16-14-12-10-2)50(69-48)39-28-41-52(68-39)51-40(70(41,7)8)25-29(3)63-51/h21-22,25-28H,9-20,23-24H2,1-8H3. The summed E-state index contributed by atoms with van der Waals surface area (Å²) < 4.78 is 2.46. The van der Waals surface area contributed by atoms with Gasteiger partial charge in [-0.05, 0) is 109 Å². The minimum Gasteiger partial charge on any atom is -0.274 e. The van der Waals surface area contributed by atoms with Gasteiger partial charge in [0, 0.05) is 66.4 Å². The monoisotopic (exact) mass is 1070 g/mol. The van der Waals surface area contributed by atoms with Gasteiger partial charge >= 0.3 is 0 Å². The first-order chi connectivity index (χ1) is 33.7. The van der Waals surface area contributed by atoms with Gasteiger partial charge in [0.25, 0.3) is 23.6 Å². The van der Waals surface area contributed by atoms with Gasteiger partial charge in [0.05, 0.1) is 36.9 Å². The third-order valence-electron chi connectivity index (χ3n) is 14.9. The Labute approximate surface area is 440 Å². The lowest BCUT2D eigenvalue weighted by molar-refractivity contribution is 0.0636. The van der Waals surface area contributed by atoms with E-state index in [1.165, 1.54) is 105 Å². The van der Waals surface area contributed by atoms with E-state index in [1.807, 2.05) is 29.6 Å². The summed E-state index contributed by atoms with van der Waals surface area (Å²) in [6.07, 6.45) is 13.2. The Balaban J connectivity index is 0.913. The van der Waals surface area contributed by atoms with Crippen molar-refractivity contribution in [2.75, 3.05) is 13.1 Å². The van der Waals surface area contributed by atoms with Crippen LogP contribution < -0.4 is 10.4 Å². The summed E-state index contributed by atoms with van der Waals surface area (Å²) in [7, 11) is -1.89. The molecule has 0 aliphatic carbocycles. The summed E-state index contributed by atoms with van der Waals surface area (Å²) in [5, 5.41) is 5.39. The van der Waals surface area contributed by atoms with E-state index in [0.717, 1.165) is 77.5 Å². The van der Waals surface area contributed by atoms with E-state index >= 15 is 0 Å². The Hall–Kier alpha value is -3.86. The van der Waals surface area contributed by atoms with Crippen LogP contribution in [0.15, 0.2) is 36.4 Å². The topological polar surface area (TPSA) is 74.8 Å². The van der Waals surface area contributed by atoms with Gasteiger partial charge in [0.15, 0.2) is 0 Å². The first-order valence-electron chi connectivity index (χ1n) is 25.1. The van der Waals surface area contributed by atoms with Crippen LogP contribution in [0.5, 0.6) is 0 Å². The van der Waals surface area contributed by atoms with Crippen molar-refractivity contribution in [1.29, 1.82) is 0 Å². The second-order valence-corrected chi connectivity index (χ2v) is 32.1. The zero-order valence-corrected chi connectivity index (χ0v) is 48.0. The lowest BCUT2D eigenvalue weighted by atomic mass is 10.0. The summed E-state index contributed by atoms with van der Waals surface area (Å²) in [6, 6.07) is 13.7. The Morgan fingerprint density at radius 2 is 0.886 bits per heavy atom. The van der Waals surface area contributed by atoms with E-state index in [-0.39, 0.29) is 23.6 Å². The van der Waals surface area contributed by atoms with Crippen molar-refractivity contribution >= 4 is 142 Å². The van der Waals surface area contributed by atoms with Crippen LogP contribution in [-0.2, 0) is 0 Å². The zero-order valence-electron chi connectivity index (χ0n) is 41.2. The highest BCUT2D eigenvalue weighted by Crippen LogP contribution is 2.54. The lowest BCUT2D eigenvalue weighted by Gasteiger charge is -2.16. The van der Waals surface area contributed by atoms with E-state index in [0.29, 0.717) is 35.3 Å². The average Bonchev–Trinajstić information content (AvgIpc) is 4.20. The van der Waals surface area contributed by atoms with E-state index in [9.17, 15) is 19.2 Å². The molecular weight excluding hydrogens is 1020 g/mol. The van der Waals surface area contributed by atoms with E-state index < -0.39 is 8.07 Å². The molecule has 0 fully saturated rings. The zero-order chi connectivity index (χ0) is 48.9. The van der Waals surface area contributed by atoms with Crippen LogP contribution in [-0.4, -0.2) is 54.6 Å². The van der Waals surface area contributed by atoms with Crippen LogP contribution in [0.25, 0.3) is 68.9 Å². The van der Waals surface area contributed by atoms with Crippen LogP contribution >= 0.6 is 79.4 Å². The predicted molar refractivity (Wildman–Crippen MR) is 307 cm³/mol. The maximum absolute atomic E-state index is 14.6. The molecule has 0 bridgehead atoms. The number of amides is 4. The third-order valence-corrected chi connectivity index (χ3v) is 27.7. The normalized spacial score (nSPS) is 15.0. The summed E-state index contributed by atoms with van der Waals surface area (Å²) in [5.41, 5.74) is 4.82. The molecule has 3 aliphatic rings. The average molecular weight is 1080 g/mol. The third kappa shape index (κ3) is 7.79. The molecule has 1 aromatic carbocycles. The van der Waals surface area contributed by atoms with Crippen molar-refractivity contribution in [3.8, 4) is 48.8 Å². The molecule has 11 rings (SSSR count). The fourth-order valence-corrected chi connectivity index (χ4v) is 24.4. The number of unbranched alkanes of at least 4 members (excludes halogenated alkanes) is 10. The number of imide groups is 2. The molecule has 70 heavy (non-hydrogen) atoms. The Morgan fingerprint density at radius 3 is 1.50 bits per heavy atom. The number of aryl methyl sites for hydroxylation is 4. The van der Waals surface area contributed by atoms with Gasteiger partial charge in [-0.3, -0.25) is 29.0 Å². The van der Waals surface area contributed by atoms with Crippen molar-refractivity contribution in [2.24, 2.45) is 0 Å². The van der Waals surface area contributed by atoms with Crippen LogP contribution in [0.4, 0.5) is 0 Å². The predicted octanol–water partition coefficient (Wildman–Crippen LogP) is 17.0. The number of benzene rings is 1. The molecule has 0 saturated carbocycles. The highest BCUT2D eigenvalue weighted by molar-refractivity contribution is 7.33. The van der Waals surface area contributed by atoms with Crippen molar-refractivity contribution in [2.45, 2.75) is 132 Å². The summed E-state index contributed by atoms with van der Waals surface area (Å²) in [6.45, 7) is 18.9. The molecule has 0 N–H and O–H groups in total. The molecular formula is C56H58N2O4S7Si. The summed E-state index contributed by atoms with van der Waals surface area (Å²) in [5.74, 6) is -0.557. The van der Waals surface area contributed by atoms with Crippen LogP contribution in [0.1, 0.15) is 153 Å². The van der Waals surface area contributed by atoms with Crippen LogP contribution in [0.2, 0.25) is 13.1 Å². The first-order valence-corrected chi connectivity index (χ1v) is 33.8. The molecule has 4 amide bonds. The number of hydrogen-bond donors (Lipinski definition) is 0. The van der Waals surface area contributed by atoms with Gasteiger partial charge in [-0.2, -0.15) is 0 Å². The minimum absolute atomic E-state index is 0.134. The van der Waals surface area contributed by atoms with Crippen molar-refractivity contribution < 1.29 is 19.2 Å². The number of nitrogens with zero attached hydrogens (tertiary/aromatic N) is 2. The molecule has 8 aromatic rings. The largest absolute Gasteiger partial charge is 0.274 e. The number of hydrogen-bond acceptors (Lipinski definition) is 11. The molecule has 0 saturated heterocycles. The van der Waals surface area contributed by atoms with Gasteiger partial charge in [-0.25, -0.2) is 0 Å². The van der Waals surface area contributed by atoms with Gasteiger partial charge in [0.1, 0.15) is 8.07 Å². The van der Waals surface area contributed by atoms with E-state index in [2.05, 4.69) is 84.1 Å². The number of carbonyl (C=O) groups excluding carboxylic acids is 4. The van der Waals surface area contributed by atoms with Crippen LogP contribution in [0, 0.1) is 27.7 Å². The number of fused-ring (bicyclic) bond motifs is 7. The fraction of sp³-hybridized carbons (Fsp3) is 0.393. The maximum atomic E-state index is 14.6. The Kier molecular flexibility index (Phi) is 13.1. The van der Waals surface area contributed by atoms with Crippen LogP contribution in [0.3, 0.4) is 0 Å². The Bertz CT molecular complexity index is 3400. The Morgan fingerprint density at radius 1 is 0.429 bits per heavy atom. The van der Waals surface area contributed by atoms with E-state index in [1.54, 1.807) is 61.6 Å². The lowest BCUT2D eigenvalue weighted by Crippen LogP contribution is -2.48. The summed E-state index contributed by atoms with van der Waals surface area (Å²) in [4.78, 5) is 73.1. The van der Waals surface area contributed by atoms with Crippen molar-refractivity contribution in [3.05, 3.63) is 79.5 Å². The van der Waals surface area contributed by atoms with Gasteiger partial charge < -0.3 is 0 Å². The number of rotatable bonds is 18. The summed E-state index contributed by atoms with van der Waals surface area (Å²) >= 11 is 12.1. The second-order valence-electron chi connectivity index (χ2n) is 20.0. The minimum atomic E-state index is -1.89. The molecule has 362 valence electrons. The number of carbonyl (C=O) groups is 4. The van der Waals surface area contributed by atoms with Gasteiger partial charge in [-0.15, -0.1) is 79.4 Å². The van der Waals surface area contributed by atoms with Crippen molar-refractivity contribution in [1.82, 2.24) is 9.80 Å². The molecule has 0 atom stereocenters. The molecule has 7 aromatic heterocycles. The SMILES string of the molecule is CCCCCCCCN1C(=O)c2c(C)sc(-c3cc4c(C)c5sc(-c6ccc(-c7sc(-c8cc9c(s8)-c8sc(C)cc8[Si]9(C)C)c8c7C(=O)N(CCCCCCCC)C8=O)s6)cc5c(C)c4s3)c2C1=O. The molecule has 0 unspecified atom stereocenters. The highest BCUT2D eigenvalue weighted by atomic mass is 32.1. The first kappa shape index (κ1) is 48.4. The molecule has 0 spiro atoms. The smallest absolute Gasteiger partial charge is 0.263 e. The molecule has 3 aliphatic heterocycles. The molecule has 6 nitrogen and oxygen atoms in total. The highest BCUT2D eigenvalue weighted by Gasteiger charge is 2.46. The molecule has 0 radical (unpaired) electrons. The van der Waals surface area contributed by atoms with Gasteiger partial charge in [0.2, 0.25) is 0 Å². The molecule has 10 heterocycles. The number of thiophene rings is 7. The molecule has 14 heteroatoms. The second kappa shape index (κ2) is 18.9. The maximum Gasteiger partial charge on any atom is 0.263 e. The quantitative estimate of drug-likeness (QED) is 0.0487. The van der Waals surface area contributed by atoms with E-state index in [4.69, 9.17) is 0 Å².